The van der Waals surface area contributed by atoms with E-state index in [1.54, 1.807) is 13.0 Å². The molecule has 0 saturated carbocycles. The fraction of sp³-hybridized carbons (Fsp3) is 0.250. The molecule has 5 heteroatoms. The minimum atomic E-state index is -0.291. The van der Waals surface area contributed by atoms with Gasteiger partial charge in [0.2, 0.25) is 5.76 Å². The van der Waals surface area contributed by atoms with Gasteiger partial charge in [0.15, 0.2) is 0 Å². The molecule has 1 rings (SSSR count). The average Bonchev–Trinajstić information content (AvgIpc) is 2.47. The summed E-state index contributed by atoms with van der Waals surface area (Å²) in [6.45, 7) is 5.71. The van der Waals surface area contributed by atoms with Gasteiger partial charge in [0.1, 0.15) is 0 Å². The van der Waals surface area contributed by atoms with Crippen LogP contribution in [0.15, 0.2) is 21.7 Å². The first-order valence-corrected chi connectivity index (χ1v) is 4.43. The van der Waals surface area contributed by atoms with E-state index in [2.05, 4.69) is 33.0 Å². The lowest BCUT2D eigenvalue weighted by molar-refractivity contribution is 0.0921. The van der Waals surface area contributed by atoms with E-state index < -0.39 is 0 Å². The van der Waals surface area contributed by atoms with Crippen molar-refractivity contribution in [2.24, 2.45) is 0 Å². The highest BCUT2D eigenvalue weighted by Crippen LogP contribution is 2.03. The van der Waals surface area contributed by atoms with Crippen LogP contribution in [0.3, 0.4) is 0 Å². The molecule has 0 aliphatic carbocycles. The molecule has 0 bridgehead atoms. The van der Waals surface area contributed by atoms with Crippen molar-refractivity contribution in [2.45, 2.75) is 6.92 Å². The van der Waals surface area contributed by atoms with Crippen LogP contribution in [-0.4, -0.2) is 17.6 Å². The number of halogens is 1. The van der Waals surface area contributed by atoms with Gasteiger partial charge < -0.3 is 9.84 Å². The van der Waals surface area contributed by atoms with Gasteiger partial charge in [-0.2, -0.15) is 0 Å². The van der Waals surface area contributed by atoms with Gasteiger partial charge in [0, 0.05) is 17.1 Å². The number of hydrogen-bond donors (Lipinski definition) is 1. The Morgan fingerprint density at radius 2 is 2.54 bits per heavy atom. The van der Waals surface area contributed by atoms with Crippen molar-refractivity contribution in [3.63, 3.8) is 0 Å². The Bertz CT molecular complexity index is 333. The van der Waals surface area contributed by atoms with Crippen LogP contribution in [0.25, 0.3) is 0 Å². The highest BCUT2D eigenvalue weighted by molar-refractivity contribution is 9.11. The third-order valence-corrected chi connectivity index (χ3v) is 1.57. The maximum Gasteiger partial charge on any atom is 0.290 e. The first-order chi connectivity index (χ1) is 6.09. The van der Waals surface area contributed by atoms with Gasteiger partial charge in [-0.25, -0.2) is 0 Å². The Morgan fingerprint density at radius 1 is 1.85 bits per heavy atom. The summed E-state index contributed by atoms with van der Waals surface area (Å²) in [6, 6.07) is 1.58. The molecule has 0 spiro atoms. The van der Waals surface area contributed by atoms with Gasteiger partial charge in [-0.3, -0.25) is 4.79 Å². The monoisotopic (exact) mass is 244 g/mol. The Balaban J connectivity index is 2.54. The number of aromatic nitrogens is 1. The largest absolute Gasteiger partial charge is 0.351 e. The average molecular weight is 245 g/mol. The third kappa shape index (κ3) is 3.02. The zero-order valence-electron chi connectivity index (χ0n) is 7.13. The Hall–Kier alpha value is -1.10. The van der Waals surface area contributed by atoms with Crippen molar-refractivity contribution in [3.8, 4) is 0 Å². The van der Waals surface area contributed by atoms with Crippen LogP contribution in [0.4, 0.5) is 0 Å². The molecule has 0 atom stereocenters. The maximum atomic E-state index is 11.3. The highest BCUT2D eigenvalue weighted by atomic mass is 79.9. The molecule has 0 fully saturated rings. The van der Waals surface area contributed by atoms with E-state index in [0.717, 1.165) is 0 Å². The molecule has 4 nitrogen and oxygen atoms in total. The molecule has 1 aromatic heterocycles. The van der Waals surface area contributed by atoms with Gasteiger partial charge in [-0.15, -0.1) is 0 Å². The lowest BCUT2D eigenvalue weighted by atomic mass is 10.3. The second kappa shape index (κ2) is 4.23. The molecular formula is C8H9BrN2O2. The number of carbonyl (C=O) groups is 1. The minimum Gasteiger partial charge on any atom is -0.351 e. The Kier molecular flexibility index (Phi) is 3.25. The summed E-state index contributed by atoms with van der Waals surface area (Å²) in [5, 5.41) is 6.19. The predicted octanol–water partition coefficient (Wildman–Crippen LogP) is 1.62. The summed E-state index contributed by atoms with van der Waals surface area (Å²) in [5.74, 6) is -0.0764. The van der Waals surface area contributed by atoms with Crippen molar-refractivity contribution in [2.75, 3.05) is 6.54 Å². The number of nitrogens with one attached hydrogen (secondary N) is 1. The summed E-state index contributed by atoms with van der Waals surface area (Å²) < 4.78 is 5.46. The van der Waals surface area contributed by atoms with Crippen LogP contribution >= 0.6 is 15.9 Å². The van der Waals surface area contributed by atoms with Gasteiger partial charge in [0.25, 0.3) is 5.91 Å². The number of nitrogens with zero attached hydrogens (tertiary/aromatic N) is 1. The molecule has 0 aliphatic rings. The molecule has 1 heterocycles. The summed E-state index contributed by atoms with van der Waals surface area (Å²) in [5.41, 5.74) is 0.683. The molecule has 0 aromatic carbocycles. The summed E-state index contributed by atoms with van der Waals surface area (Å²) in [7, 11) is 0. The summed E-state index contributed by atoms with van der Waals surface area (Å²) in [4.78, 5) is 11.3. The number of hydrogen-bond acceptors (Lipinski definition) is 3. The van der Waals surface area contributed by atoms with Crippen LogP contribution in [0.1, 0.15) is 16.2 Å². The normalized spacial score (nSPS) is 9.69. The lowest BCUT2D eigenvalue weighted by Gasteiger charge is -1.98. The third-order valence-electron chi connectivity index (χ3n) is 1.29. The van der Waals surface area contributed by atoms with E-state index >= 15 is 0 Å². The number of amides is 1. The second-order valence-electron chi connectivity index (χ2n) is 2.53. The molecule has 0 aliphatic heterocycles. The van der Waals surface area contributed by atoms with Crippen molar-refractivity contribution in [1.29, 1.82) is 0 Å². The zero-order valence-corrected chi connectivity index (χ0v) is 8.72. The molecule has 13 heavy (non-hydrogen) atoms. The molecule has 1 aromatic rings. The molecular weight excluding hydrogens is 236 g/mol. The van der Waals surface area contributed by atoms with Crippen LogP contribution in [0.5, 0.6) is 0 Å². The fourth-order valence-electron chi connectivity index (χ4n) is 0.734. The van der Waals surface area contributed by atoms with E-state index in [0.29, 0.717) is 16.7 Å². The van der Waals surface area contributed by atoms with Crippen LogP contribution in [0, 0.1) is 6.92 Å². The van der Waals surface area contributed by atoms with Crippen LogP contribution in [0.2, 0.25) is 0 Å². The smallest absolute Gasteiger partial charge is 0.290 e. The lowest BCUT2D eigenvalue weighted by Crippen LogP contribution is -2.23. The number of rotatable bonds is 3. The second-order valence-corrected chi connectivity index (χ2v) is 3.65. The SMILES string of the molecule is C=C(Br)CNC(=O)c1cc(C)no1. The van der Waals surface area contributed by atoms with Crippen LogP contribution in [-0.2, 0) is 0 Å². The van der Waals surface area contributed by atoms with Crippen molar-refractivity contribution in [1.82, 2.24) is 10.5 Å². The number of carbonyl (C=O) groups excluding carboxylic acids is 1. The molecule has 1 N–H and O–H groups in total. The highest BCUT2D eigenvalue weighted by Gasteiger charge is 2.10. The van der Waals surface area contributed by atoms with E-state index in [9.17, 15) is 4.79 Å². The summed E-state index contributed by atoms with van der Waals surface area (Å²) >= 11 is 3.13. The molecule has 1 amide bonds. The summed E-state index contributed by atoms with van der Waals surface area (Å²) in [6.07, 6.45) is 0. The Labute approximate surface area is 84.1 Å². The minimum absolute atomic E-state index is 0.214. The first-order valence-electron chi connectivity index (χ1n) is 3.64. The predicted molar refractivity (Wildman–Crippen MR) is 51.6 cm³/mol. The molecule has 0 saturated heterocycles. The molecule has 70 valence electrons. The number of aryl methyl sites for hydroxylation is 1. The van der Waals surface area contributed by atoms with Gasteiger partial charge in [0.05, 0.1) is 5.69 Å². The van der Waals surface area contributed by atoms with E-state index in [-0.39, 0.29) is 11.7 Å². The van der Waals surface area contributed by atoms with E-state index in [1.807, 2.05) is 0 Å². The molecule has 0 radical (unpaired) electrons. The zero-order chi connectivity index (χ0) is 9.84. The van der Waals surface area contributed by atoms with E-state index in [4.69, 9.17) is 4.52 Å². The first kappa shape index (κ1) is 9.98. The fourth-order valence-corrected chi connectivity index (χ4v) is 0.874. The quantitative estimate of drug-likeness (QED) is 0.880. The topological polar surface area (TPSA) is 55.1 Å². The van der Waals surface area contributed by atoms with Crippen molar-refractivity contribution < 1.29 is 9.32 Å². The van der Waals surface area contributed by atoms with Crippen molar-refractivity contribution >= 4 is 21.8 Å². The van der Waals surface area contributed by atoms with E-state index in [1.165, 1.54) is 0 Å². The van der Waals surface area contributed by atoms with Crippen molar-refractivity contribution in [3.05, 3.63) is 28.6 Å². The Morgan fingerprint density at radius 3 is 3.00 bits per heavy atom. The standard InChI is InChI=1S/C8H9BrN2O2/c1-5(9)4-10-8(12)7-3-6(2)11-13-7/h3H,1,4H2,2H3,(H,10,12). The van der Waals surface area contributed by atoms with Gasteiger partial charge in [-0.1, -0.05) is 27.7 Å². The van der Waals surface area contributed by atoms with Gasteiger partial charge >= 0.3 is 0 Å². The van der Waals surface area contributed by atoms with Crippen LogP contribution < -0.4 is 5.32 Å². The van der Waals surface area contributed by atoms with Gasteiger partial charge in [-0.05, 0) is 6.92 Å². The molecule has 0 unspecified atom stereocenters. The maximum absolute atomic E-state index is 11.3.